The number of rotatable bonds is 6. The Balaban J connectivity index is 1.55. The Labute approximate surface area is 167 Å². The summed E-state index contributed by atoms with van der Waals surface area (Å²) in [5.74, 6) is 2.98. The second-order valence-electron chi connectivity index (χ2n) is 7.42. The molecule has 1 amide bonds. The number of ether oxygens (including phenoxy) is 1. The maximum absolute atomic E-state index is 12.6. The first-order valence-corrected chi connectivity index (χ1v) is 10.0. The van der Waals surface area contributed by atoms with Gasteiger partial charge < -0.3 is 14.5 Å². The molecule has 1 atom stereocenters. The molecule has 0 radical (unpaired) electrons. The molecule has 6 nitrogen and oxygen atoms in total. The van der Waals surface area contributed by atoms with Crippen LogP contribution in [0.2, 0.25) is 0 Å². The van der Waals surface area contributed by atoms with Gasteiger partial charge in [0.25, 0.3) is 5.91 Å². The first-order valence-electron chi connectivity index (χ1n) is 10.0. The number of aryl methyl sites for hydroxylation is 2. The number of anilines is 1. The van der Waals surface area contributed by atoms with Crippen LogP contribution in [-0.4, -0.2) is 53.6 Å². The van der Waals surface area contributed by atoms with Gasteiger partial charge in [-0.3, -0.25) is 4.79 Å². The summed E-state index contributed by atoms with van der Waals surface area (Å²) >= 11 is 0. The lowest BCUT2D eigenvalue weighted by Gasteiger charge is -2.35. The molecule has 1 unspecified atom stereocenters. The van der Waals surface area contributed by atoms with Gasteiger partial charge in [-0.15, -0.1) is 0 Å². The topological polar surface area (TPSA) is 58.6 Å². The SMILES string of the molecule is CCC(C)c1ccccc1OCC(=O)N1CCN(c2cc(C)nc(C)n2)CC1. The predicted molar refractivity (Wildman–Crippen MR) is 111 cm³/mol. The van der Waals surface area contributed by atoms with Crippen molar-refractivity contribution in [2.75, 3.05) is 37.7 Å². The van der Waals surface area contributed by atoms with Gasteiger partial charge in [-0.1, -0.05) is 32.0 Å². The number of carbonyl (C=O) groups is 1. The molecular weight excluding hydrogens is 352 g/mol. The Hall–Kier alpha value is -2.63. The van der Waals surface area contributed by atoms with Crippen LogP contribution in [0.5, 0.6) is 5.75 Å². The average Bonchev–Trinajstić information content (AvgIpc) is 2.71. The van der Waals surface area contributed by atoms with Crippen LogP contribution in [0.1, 0.15) is 43.3 Å². The van der Waals surface area contributed by atoms with Crippen molar-refractivity contribution < 1.29 is 9.53 Å². The van der Waals surface area contributed by atoms with E-state index in [1.54, 1.807) is 0 Å². The molecule has 1 aliphatic heterocycles. The molecular formula is C22H30N4O2. The molecule has 1 aliphatic rings. The summed E-state index contributed by atoms with van der Waals surface area (Å²) in [6, 6.07) is 10.0. The summed E-state index contributed by atoms with van der Waals surface area (Å²) < 4.78 is 5.89. The minimum atomic E-state index is 0.0358. The first-order chi connectivity index (χ1) is 13.5. The molecule has 1 aromatic carbocycles. The molecule has 2 aromatic rings. The zero-order valence-corrected chi connectivity index (χ0v) is 17.3. The third-order valence-corrected chi connectivity index (χ3v) is 5.32. The summed E-state index contributed by atoms with van der Waals surface area (Å²) in [4.78, 5) is 25.6. The van der Waals surface area contributed by atoms with Crippen LogP contribution < -0.4 is 9.64 Å². The van der Waals surface area contributed by atoms with Gasteiger partial charge >= 0.3 is 0 Å². The van der Waals surface area contributed by atoms with Crippen LogP contribution in [0.4, 0.5) is 5.82 Å². The molecule has 0 saturated carbocycles. The Kier molecular flexibility index (Phi) is 6.49. The highest BCUT2D eigenvalue weighted by Gasteiger charge is 2.23. The lowest BCUT2D eigenvalue weighted by molar-refractivity contribution is -0.133. The highest BCUT2D eigenvalue weighted by atomic mass is 16.5. The van der Waals surface area contributed by atoms with Crippen molar-refractivity contribution in [3.63, 3.8) is 0 Å². The van der Waals surface area contributed by atoms with Crippen molar-refractivity contribution in [2.45, 2.75) is 40.0 Å². The number of hydrogen-bond acceptors (Lipinski definition) is 5. The van der Waals surface area contributed by atoms with Gasteiger partial charge in [-0.25, -0.2) is 9.97 Å². The largest absolute Gasteiger partial charge is 0.483 e. The molecule has 1 saturated heterocycles. The summed E-state index contributed by atoms with van der Waals surface area (Å²) in [6.07, 6.45) is 1.04. The first kappa shape index (κ1) is 20.1. The van der Waals surface area contributed by atoms with Crippen molar-refractivity contribution in [1.29, 1.82) is 0 Å². The standard InChI is InChI=1S/C22H30N4O2/c1-5-16(2)19-8-6-7-9-20(19)28-15-22(27)26-12-10-25(11-13-26)21-14-17(3)23-18(4)24-21/h6-9,14,16H,5,10-13,15H2,1-4H3. The summed E-state index contributed by atoms with van der Waals surface area (Å²) in [5, 5.41) is 0. The lowest BCUT2D eigenvalue weighted by Crippen LogP contribution is -2.50. The van der Waals surface area contributed by atoms with Gasteiger partial charge in [0.2, 0.25) is 0 Å². The van der Waals surface area contributed by atoms with Gasteiger partial charge in [0, 0.05) is 37.9 Å². The Morgan fingerprint density at radius 3 is 2.54 bits per heavy atom. The van der Waals surface area contributed by atoms with Gasteiger partial charge in [0.05, 0.1) is 0 Å². The molecule has 0 aliphatic carbocycles. The summed E-state index contributed by atoms with van der Waals surface area (Å²) in [6.45, 7) is 11.2. The van der Waals surface area contributed by atoms with E-state index in [0.29, 0.717) is 19.0 Å². The molecule has 3 rings (SSSR count). The Morgan fingerprint density at radius 2 is 1.86 bits per heavy atom. The van der Waals surface area contributed by atoms with Crippen LogP contribution in [0.25, 0.3) is 0 Å². The van der Waals surface area contributed by atoms with Crippen LogP contribution >= 0.6 is 0 Å². The number of nitrogens with zero attached hydrogens (tertiary/aromatic N) is 4. The number of amides is 1. The van der Waals surface area contributed by atoms with E-state index in [4.69, 9.17) is 4.74 Å². The van der Waals surface area contributed by atoms with E-state index in [1.807, 2.05) is 43.0 Å². The second kappa shape index (κ2) is 9.04. The predicted octanol–water partition coefficient (Wildman–Crippen LogP) is 3.33. The Morgan fingerprint density at radius 1 is 1.14 bits per heavy atom. The maximum atomic E-state index is 12.6. The highest BCUT2D eigenvalue weighted by Crippen LogP contribution is 2.28. The van der Waals surface area contributed by atoms with Gasteiger partial charge in [-0.2, -0.15) is 0 Å². The normalized spacial score (nSPS) is 15.4. The smallest absolute Gasteiger partial charge is 0.260 e. The number of benzene rings is 1. The van der Waals surface area contributed by atoms with Gasteiger partial charge in [0.1, 0.15) is 17.4 Å². The van der Waals surface area contributed by atoms with E-state index < -0.39 is 0 Å². The van der Waals surface area contributed by atoms with E-state index >= 15 is 0 Å². The molecule has 0 N–H and O–H groups in total. The van der Waals surface area contributed by atoms with Crippen molar-refractivity contribution in [1.82, 2.24) is 14.9 Å². The van der Waals surface area contributed by atoms with Gasteiger partial charge in [-0.05, 0) is 37.8 Å². The number of carbonyl (C=O) groups excluding carboxylic acids is 1. The highest BCUT2D eigenvalue weighted by molar-refractivity contribution is 5.78. The number of hydrogen-bond donors (Lipinski definition) is 0. The third kappa shape index (κ3) is 4.80. The van der Waals surface area contributed by atoms with E-state index in [2.05, 4.69) is 34.8 Å². The van der Waals surface area contributed by atoms with E-state index in [-0.39, 0.29) is 12.5 Å². The quantitative estimate of drug-likeness (QED) is 0.767. The fourth-order valence-electron chi connectivity index (χ4n) is 3.51. The van der Waals surface area contributed by atoms with Crippen molar-refractivity contribution in [3.8, 4) is 5.75 Å². The summed E-state index contributed by atoms with van der Waals surface area (Å²) in [5.41, 5.74) is 2.13. The van der Waals surface area contributed by atoms with E-state index in [9.17, 15) is 4.79 Å². The maximum Gasteiger partial charge on any atom is 0.260 e. The molecule has 2 heterocycles. The molecule has 6 heteroatoms. The monoisotopic (exact) mass is 382 g/mol. The number of aromatic nitrogens is 2. The fraction of sp³-hybridized carbons (Fsp3) is 0.500. The van der Waals surface area contributed by atoms with Crippen LogP contribution in [0.3, 0.4) is 0 Å². The van der Waals surface area contributed by atoms with Crippen molar-refractivity contribution in [3.05, 3.63) is 47.4 Å². The summed E-state index contributed by atoms with van der Waals surface area (Å²) in [7, 11) is 0. The molecule has 0 bridgehead atoms. The third-order valence-electron chi connectivity index (χ3n) is 5.32. The van der Waals surface area contributed by atoms with Crippen LogP contribution in [0, 0.1) is 13.8 Å². The van der Waals surface area contributed by atoms with Crippen molar-refractivity contribution >= 4 is 11.7 Å². The average molecular weight is 383 g/mol. The molecule has 28 heavy (non-hydrogen) atoms. The van der Waals surface area contributed by atoms with Crippen LogP contribution in [-0.2, 0) is 4.79 Å². The zero-order chi connectivity index (χ0) is 20.1. The minimum Gasteiger partial charge on any atom is -0.483 e. The zero-order valence-electron chi connectivity index (χ0n) is 17.3. The second-order valence-corrected chi connectivity index (χ2v) is 7.42. The van der Waals surface area contributed by atoms with E-state index in [1.165, 1.54) is 0 Å². The Bertz CT molecular complexity index is 796. The minimum absolute atomic E-state index is 0.0358. The molecule has 0 spiro atoms. The van der Waals surface area contributed by atoms with Crippen LogP contribution in [0.15, 0.2) is 30.3 Å². The number of para-hydroxylation sites is 1. The lowest BCUT2D eigenvalue weighted by atomic mass is 9.98. The fourth-order valence-corrected chi connectivity index (χ4v) is 3.51. The van der Waals surface area contributed by atoms with E-state index in [0.717, 1.165) is 48.2 Å². The molecule has 1 aromatic heterocycles. The molecule has 1 fully saturated rings. The molecule has 150 valence electrons. The van der Waals surface area contributed by atoms with Crippen molar-refractivity contribution in [2.24, 2.45) is 0 Å². The number of piperazine rings is 1. The van der Waals surface area contributed by atoms with Gasteiger partial charge in [0.15, 0.2) is 6.61 Å².